The molecular formula is C20H23ClN4O2S2. The van der Waals surface area contributed by atoms with E-state index in [9.17, 15) is 8.42 Å². The minimum atomic E-state index is -3.30. The van der Waals surface area contributed by atoms with Crippen molar-refractivity contribution in [1.29, 1.82) is 0 Å². The Labute approximate surface area is 179 Å². The van der Waals surface area contributed by atoms with E-state index >= 15 is 0 Å². The van der Waals surface area contributed by atoms with Gasteiger partial charge in [-0.1, -0.05) is 23.7 Å². The van der Waals surface area contributed by atoms with Crippen LogP contribution in [0.15, 0.2) is 41.6 Å². The predicted molar refractivity (Wildman–Crippen MR) is 115 cm³/mol. The Bertz CT molecular complexity index is 1090. The maximum absolute atomic E-state index is 12.4. The molecule has 9 heteroatoms. The van der Waals surface area contributed by atoms with Crippen LogP contribution in [0.1, 0.15) is 33.6 Å². The molecule has 0 saturated heterocycles. The fourth-order valence-electron chi connectivity index (χ4n) is 3.54. The molecule has 154 valence electrons. The van der Waals surface area contributed by atoms with E-state index in [1.807, 2.05) is 12.1 Å². The first-order valence-electron chi connectivity index (χ1n) is 9.58. The average molecular weight is 451 g/mol. The molecule has 3 aromatic rings. The van der Waals surface area contributed by atoms with Crippen LogP contribution in [-0.4, -0.2) is 35.5 Å². The van der Waals surface area contributed by atoms with Crippen molar-refractivity contribution in [2.75, 3.05) is 12.3 Å². The second kappa shape index (κ2) is 8.55. The number of aromatic nitrogens is 3. The smallest absolute Gasteiger partial charge is 0.181 e. The van der Waals surface area contributed by atoms with E-state index in [0.717, 1.165) is 35.1 Å². The van der Waals surface area contributed by atoms with Crippen LogP contribution < -0.4 is 5.32 Å². The van der Waals surface area contributed by atoms with Crippen LogP contribution in [0, 0.1) is 0 Å². The van der Waals surface area contributed by atoms with Gasteiger partial charge in [0.15, 0.2) is 9.84 Å². The molecule has 0 spiro atoms. The SMILES string of the molecule is Cn1cc(S(=O)(=O)CCCc2nc3c(s2)CCNC3Cc2ccc(Cl)cc2)cn1. The highest BCUT2D eigenvalue weighted by Gasteiger charge is 2.25. The van der Waals surface area contributed by atoms with Crippen molar-refractivity contribution in [2.24, 2.45) is 7.05 Å². The molecule has 4 rings (SSSR count). The molecule has 0 amide bonds. The highest BCUT2D eigenvalue weighted by Crippen LogP contribution is 2.31. The maximum atomic E-state index is 12.4. The van der Waals surface area contributed by atoms with Crippen molar-refractivity contribution in [3.63, 3.8) is 0 Å². The quantitative estimate of drug-likeness (QED) is 0.597. The molecule has 1 aliphatic rings. The molecule has 1 atom stereocenters. The summed E-state index contributed by atoms with van der Waals surface area (Å²) in [6.07, 6.45) is 6.01. The Morgan fingerprint density at radius 1 is 1.31 bits per heavy atom. The van der Waals surface area contributed by atoms with Crippen LogP contribution in [0.25, 0.3) is 0 Å². The normalized spacial score (nSPS) is 16.7. The minimum absolute atomic E-state index is 0.107. The number of benzene rings is 1. The zero-order chi connectivity index (χ0) is 20.4. The van der Waals surface area contributed by atoms with Crippen LogP contribution >= 0.6 is 22.9 Å². The van der Waals surface area contributed by atoms with Gasteiger partial charge in [-0.25, -0.2) is 13.4 Å². The Kier molecular flexibility index (Phi) is 6.06. The summed E-state index contributed by atoms with van der Waals surface area (Å²) in [4.78, 5) is 6.46. The molecular weight excluding hydrogens is 428 g/mol. The Hall–Kier alpha value is -1.74. The third kappa shape index (κ3) is 4.88. The Balaban J connectivity index is 1.40. The van der Waals surface area contributed by atoms with Crippen molar-refractivity contribution in [3.05, 3.63) is 62.8 Å². The van der Waals surface area contributed by atoms with Crippen molar-refractivity contribution < 1.29 is 8.42 Å². The molecule has 0 radical (unpaired) electrons. The predicted octanol–water partition coefficient (Wildman–Crippen LogP) is 3.37. The molecule has 1 aliphatic heterocycles. The lowest BCUT2D eigenvalue weighted by molar-refractivity contribution is 0.495. The first-order valence-corrected chi connectivity index (χ1v) is 12.4. The number of sulfone groups is 1. The van der Waals surface area contributed by atoms with Gasteiger partial charge < -0.3 is 5.32 Å². The van der Waals surface area contributed by atoms with Crippen LogP contribution in [0.3, 0.4) is 0 Å². The highest BCUT2D eigenvalue weighted by molar-refractivity contribution is 7.91. The van der Waals surface area contributed by atoms with Crippen molar-refractivity contribution in [1.82, 2.24) is 20.1 Å². The summed E-state index contributed by atoms with van der Waals surface area (Å²) in [6.45, 7) is 0.933. The number of hydrogen-bond acceptors (Lipinski definition) is 6. The summed E-state index contributed by atoms with van der Waals surface area (Å²) >= 11 is 7.70. The molecule has 0 fully saturated rings. The fraction of sp³-hybridized carbons (Fsp3) is 0.400. The lowest BCUT2D eigenvalue weighted by Crippen LogP contribution is -2.30. The molecule has 1 N–H and O–H groups in total. The molecule has 0 saturated carbocycles. The van der Waals surface area contributed by atoms with E-state index in [4.69, 9.17) is 16.6 Å². The first kappa shape index (κ1) is 20.5. The van der Waals surface area contributed by atoms with Gasteiger partial charge in [-0.2, -0.15) is 5.10 Å². The molecule has 6 nitrogen and oxygen atoms in total. The second-order valence-corrected chi connectivity index (χ2v) is 11.0. The topological polar surface area (TPSA) is 76.9 Å². The summed E-state index contributed by atoms with van der Waals surface area (Å²) in [5.74, 6) is 0.107. The van der Waals surface area contributed by atoms with Gasteiger partial charge in [-0.15, -0.1) is 11.3 Å². The molecule has 0 bridgehead atoms. The second-order valence-electron chi connectivity index (χ2n) is 7.28. The zero-order valence-corrected chi connectivity index (χ0v) is 18.5. The number of fused-ring (bicyclic) bond motifs is 1. The van der Waals surface area contributed by atoms with E-state index in [1.54, 1.807) is 24.6 Å². The van der Waals surface area contributed by atoms with Crippen LogP contribution in [0.5, 0.6) is 0 Å². The largest absolute Gasteiger partial charge is 0.308 e. The van der Waals surface area contributed by atoms with Gasteiger partial charge in [0.25, 0.3) is 0 Å². The summed E-state index contributed by atoms with van der Waals surface area (Å²) < 4.78 is 26.3. The minimum Gasteiger partial charge on any atom is -0.308 e. The van der Waals surface area contributed by atoms with E-state index in [1.165, 1.54) is 21.3 Å². The lowest BCUT2D eigenvalue weighted by atomic mass is 9.99. The van der Waals surface area contributed by atoms with Crippen LogP contribution in [0.4, 0.5) is 0 Å². The van der Waals surface area contributed by atoms with Crippen molar-refractivity contribution >= 4 is 32.8 Å². The molecule has 0 aliphatic carbocycles. The average Bonchev–Trinajstić information content (AvgIpc) is 3.30. The van der Waals surface area contributed by atoms with Crippen molar-refractivity contribution in [3.8, 4) is 0 Å². The standard InChI is InChI=1S/C20H23ClN4O2S2/c1-25-13-16(12-23-25)29(26,27)10-2-3-19-24-20-17(22-9-8-18(20)28-19)11-14-4-6-15(21)7-5-14/h4-7,12-13,17,22H,2-3,8-11H2,1H3. The molecule has 3 heterocycles. The Morgan fingerprint density at radius 3 is 2.83 bits per heavy atom. The number of nitrogens with zero attached hydrogens (tertiary/aromatic N) is 3. The maximum Gasteiger partial charge on any atom is 0.181 e. The van der Waals surface area contributed by atoms with Crippen LogP contribution in [-0.2, 0) is 36.1 Å². The molecule has 2 aromatic heterocycles. The highest BCUT2D eigenvalue weighted by atomic mass is 35.5. The van der Waals surface area contributed by atoms with Gasteiger partial charge >= 0.3 is 0 Å². The van der Waals surface area contributed by atoms with Crippen LogP contribution in [0.2, 0.25) is 5.02 Å². The van der Waals surface area contributed by atoms with E-state index in [-0.39, 0.29) is 16.7 Å². The van der Waals surface area contributed by atoms with Crippen molar-refractivity contribution in [2.45, 2.75) is 36.6 Å². The first-order chi connectivity index (χ1) is 13.9. The molecule has 1 unspecified atom stereocenters. The van der Waals surface area contributed by atoms with Gasteiger partial charge in [-0.05, 0) is 37.0 Å². The van der Waals surface area contributed by atoms with Gasteiger partial charge in [0.05, 0.1) is 28.7 Å². The summed E-state index contributed by atoms with van der Waals surface area (Å²) in [6, 6.07) is 8.11. The Morgan fingerprint density at radius 2 is 2.10 bits per heavy atom. The van der Waals surface area contributed by atoms with E-state index in [0.29, 0.717) is 12.8 Å². The van der Waals surface area contributed by atoms with E-state index in [2.05, 4.69) is 22.5 Å². The number of hydrogen-bond donors (Lipinski definition) is 1. The summed E-state index contributed by atoms with van der Waals surface area (Å²) in [5, 5.41) is 9.27. The molecule has 1 aromatic carbocycles. The van der Waals surface area contributed by atoms with Gasteiger partial charge in [-0.3, -0.25) is 4.68 Å². The van der Waals surface area contributed by atoms with Gasteiger partial charge in [0, 0.05) is 36.1 Å². The number of halogens is 1. The third-order valence-corrected chi connectivity index (χ3v) is 8.24. The van der Waals surface area contributed by atoms with Gasteiger partial charge in [0.1, 0.15) is 4.90 Å². The number of nitrogens with one attached hydrogen (secondary N) is 1. The lowest BCUT2D eigenvalue weighted by Gasteiger charge is -2.23. The summed E-state index contributed by atoms with van der Waals surface area (Å²) in [7, 11) is -1.58. The fourth-order valence-corrected chi connectivity index (χ4v) is 6.12. The van der Waals surface area contributed by atoms with E-state index < -0.39 is 9.84 Å². The zero-order valence-electron chi connectivity index (χ0n) is 16.1. The number of thiazole rings is 1. The number of rotatable bonds is 7. The monoisotopic (exact) mass is 450 g/mol. The number of aryl methyl sites for hydroxylation is 2. The molecule has 29 heavy (non-hydrogen) atoms. The summed E-state index contributed by atoms with van der Waals surface area (Å²) in [5.41, 5.74) is 2.33. The third-order valence-electron chi connectivity index (χ3n) is 5.04. The van der Waals surface area contributed by atoms with Gasteiger partial charge in [0.2, 0.25) is 0 Å².